The Bertz CT molecular complexity index is 1350. The second-order valence-corrected chi connectivity index (χ2v) is 10.5. The molecule has 1 heterocycles. The fourth-order valence-electron chi connectivity index (χ4n) is 5.13. The number of rotatable bonds is 10. The summed E-state index contributed by atoms with van der Waals surface area (Å²) in [4.78, 5) is 41.5. The molecule has 0 radical (unpaired) electrons. The first-order chi connectivity index (χ1) is 18.2. The number of benzene rings is 2. The van der Waals surface area contributed by atoms with Crippen LogP contribution < -0.4 is 14.8 Å². The number of fused-ring (bicyclic) bond motifs is 2. The van der Waals surface area contributed by atoms with Gasteiger partial charge in [0.2, 0.25) is 5.91 Å². The van der Waals surface area contributed by atoms with E-state index in [1.807, 2.05) is 12.1 Å². The topological polar surface area (TPSA) is 127 Å². The van der Waals surface area contributed by atoms with E-state index in [0.717, 1.165) is 45.8 Å². The summed E-state index contributed by atoms with van der Waals surface area (Å²) in [7, 11) is 4.42. The molecule has 202 valence electrons. The van der Waals surface area contributed by atoms with Gasteiger partial charge in [0.25, 0.3) is 0 Å². The van der Waals surface area contributed by atoms with Crippen molar-refractivity contribution in [3.05, 3.63) is 53.2 Å². The van der Waals surface area contributed by atoms with Crippen molar-refractivity contribution in [3.8, 4) is 17.2 Å². The van der Waals surface area contributed by atoms with Crippen molar-refractivity contribution in [1.29, 1.82) is 0 Å². The molecule has 3 aromatic rings. The Hall–Kier alpha value is -3.66. The smallest absolute Gasteiger partial charge is 0.328 e. The number of carbonyl (C=O) groups is 3. The van der Waals surface area contributed by atoms with E-state index in [2.05, 4.69) is 10.3 Å². The van der Waals surface area contributed by atoms with Gasteiger partial charge in [-0.15, -0.1) is 0 Å². The third kappa shape index (κ3) is 5.75. The van der Waals surface area contributed by atoms with Crippen LogP contribution in [0.5, 0.6) is 17.2 Å². The number of hydrogen-bond donors (Lipinski definition) is 3. The number of phenols is 1. The van der Waals surface area contributed by atoms with E-state index in [9.17, 15) is 19.5 Å². The first-order valence-corrected chi connectivity index (χ1v) is 13.3. The van der Waals surface area contributed by atoms with Crippen molar-refractivity contribution in [2.45, 2.75) is 38.1 Å². The number of esters is 1. The predicted molar refractivity (Wildman–Crippen MR) is 145 cm³/mol. The highest BCUT2D eigenvalue weighted by Crippen LogP contribution is 2.44. The number of carbonyl (C=O) groups excluding carboxylic acids is 3. The number of ether oxygens (including phenoxy) is 3. The molecule has 0 saturated carbocycles. The highest BCUT2D eigenvalue weighted by Gasteiger charge is 2.37. The Labute approximate surface area is 225 Å². The average molecular weight is 541 g/mol. The van der Waals surface area contributed by atoms with E-state index in [1.165, 1.54) is 14.0 Å². The number of aromatic amines is 1. The first-order valence-electron chi connectivity index (χ1n) is 12.3. The molecule has 0 fully saturated rings. The molecule has 1 aliphatic carbocycles. The lowest BCUT2D eigenvalue weighted by molar-refractivity contribution is -0.145. The van der Waals surface area contributed by atoms with Crippen molar-refractivity contribution in [3.63, 3.8) is 0 Å². The van der Waals surface area contributed by atoms with Crippen LogP contribution in [-0.4, -0.2) is 60.2 Å². The number of thioether (sulfide) groups is 1. The molecule has 10 heteroatoms. The normalized spacial score (nSPS) is 15.9. The Kier molecular flexibility index (Phi) is 8.51. The second kappa shape index (κ2) is 11.8. The van der Waals surface area contributed by atoms with Gasteiger partial charge in [0.15, 0.2) is 16.6 Å². The molecule has 4 rings (SSSR count). The number of amides is 1. The minimum Gasteiger partial charge on any atom is -0.508 e. The molecule has 1 amide bonds. The Balaban J connectivity index is 1.62. The van der Waals surface area contributed by atoms with Crippen molar-refractivity contribution in [2.24, 2.45) is 5.92 Å². The third-order valence-electron chi connectivity index (χ3n) is 7.04. The molecule has 3 N–H and O–H groups in total. The molecule has 0 bridgehead atoms. The Morgan fingerprint density at radius 2 is 1.87 bits per heavy atom. The summed E-state index contributed by atoms with van der Waals surface area (Å²) in [6, 6.07) is 7.82. The second-order valence-electron chi connectivity index (χ2n) is 9.29. The molecule has 1 aromatic heterocycles. The van der Waals surface area contributed by atoms with Crippen LogP contribution in [0.4, 0.5) is 0 Å². The summed E-state index contributed by atoms with van der Waals surface area (Å²) in [6.45, 7) is 1.47. The lowest BCUT2D eigenvalue weighted by Crippen LogP contribution is -2.47. The Morgan fingerprint density at radius 1 is 1.13 bits per heavy atom. The summed E-state index contributed by atoms with van der Waals surface area (Å²) < 4.78 is 15.9. The maximum absolute atomic E-state index is 13.8. The zero-order valence-corrected chi connectivity index (χ0v) is 22.6. The molecule has 9 nitrogen and oxygen atoms in total. The number of aromatic hydroxyl groups is 1. The van der Waals surface area contributed by atoms with E-state index >= 15 is 0 Å². The summed E-state index contributed by atoms with van der Waals surface area (Å²) in [5.41, 5.74) is 3.61. The molecule has 2 aromatic carbocycles. The largest absolute Gasteiger partial charge is 0.508 e. The van der Waals surface area contributed by atoms with Crippen LogP contribution in [0.3, 0.4) is 0 Å². The minimum absolute atomic E-state index is 0.0866. The fourth-order valence-corrected chi connectivity index (χ4v) is 5.93. The van der Waals surface area contributed by atoms with Gasteiger partial charge < -0.3 is 29.6 Å². The van der Waals surface area contributed by atoms with Crippen LogP contribution in [0.15, 0.2) is 36.5 Å². The van der Waals surface area contributed by atoms with Gasteiger partial charge in [-0.05, 0) is 65.8 Å². The Morgan fingerprint density at radius 3 is 2.55 bits per heavy atom. The van der Waals surface area contributed by atoms with Gasteiger partial charge in [0, 0.05) is 36.2 Å². The quantitative estimate of drug-likeness (QED) is 0.332. The lowest BCUT2D eigenvalue weighted by Gasteiger charge is -2.26. The first kappa shape index (κ1) is 27.4. The standard InChI is InChI=1S/C28H32N2O7S/c1-15(31)38-14-22(19-7-5-16-10-25(35-2)26(36-3)12-20(16)19)27(33)30-24(28(34)37-4)9-17-13-29-23-8-6-18(32)11-21(17)23/h6,8,10-13,19,22,24,29,32H,5,7,9,14H2,1-4H3,(H,30,33). The molecule has 3 unspecified atom stereocenters. The SMILES string of the molecule is COC(=O)C(Cc1c[nH]c2ccc(O)cc12)NC(=O)C(CSC(C)=O)C1CCc2cc(OC)c(OC)cc21. The van der Waals surface area contributed by atoms with Crippen molar-refractivity contribution in [1.82, 2.24) is 10.3 Å². The summed E-state index contributed by atoms with van der Waals surface area (Å²) in [5, 5.41) is 13.5. The van der Waals surface area contributed by atoms with E-state index in [0.29, 0.717) is 17.9 Å². The highest BCUT2D eigenvalue weighted by atomic mass is 32.2. The van der Waals surface area contributed by atoms with Gasteiger partial charge in [-0.25, -0.2) is 4.79 Å². The zero-order chi connectivity index (χ0) is 27.4. The number of hydrogen-bond acceptors (Lipinski definition) is 8. The number of H-pyrrole nitrogens is 1. The fraction of sp³-hybridized carbons (Fsp3) is 0.393. The zero-order valence-electron chi connectivity index (χ0n) is 21.8. The van der Waals surface area contributed by atoms with Gasteiger partial charge in [-0.2, -0.15) is 0 Å². The van der Waals surface area contributed by atoms with Crippen LogP contribution in [0.2, 0.25) is 0 Å². The molecule has 1 aliphatic rings. The summed E-state index contributed by atoms with van der Waals surface area (Å²) in [6.07, 6.45) is 3.39. The lowest BCUT2D eigenvalue weighted by atomic mass is 9.87. The predicted octanol–water partition coefficient (Wildman–Crippen LogP) is 3.72. The van der Waals surface area contributed by atoms with Crippen LogP contribution in [0, 0.1) is 5.92 Å². The molecule has 0 spiro atoms. The van der Waals surface area contributed by atoms with Crippen LogP contribution in [0.25, 0.3) is 10.9 Å². The van der Waals surface area contributed by atoms with Gasteiger partial charge in [0.1, 0.15) is 11.8 Å². The van der Waals surface area contributed by atoms with E-state index < -0.39 is 17.9 Å². The van der Waals surface area contributed by atoms with Gasteiger partial charge in [0.05, 0.1) is 27.2 Å². The van der Waals surface area contributed by atoms with Crippen LogP contribution >= 0.6 is 11.8 Å². The monoisotopic (exact) mass is 540 g/mol. The maximum Gasteiger partial charge on any atom is 0.328 e. The minimum atomic E-state index is -0.954. The van der Waals surface area contributed by atoms with Crippen molar-refractivity contribution in [2.75, 3.05) is 27.1 Å². The van der Waals surface area contributed by atoms with Gasteiger partial charge in [-0.3, -0.25) is 9.59 Å². The number of methoxy groups -OCH3 is 3. The van der Waals surface area contributed by atoms with E-state index in [1.54, 1.807) is 38.6 Å². The number of phenolic OH excluding ortho intramolecular Hbond substituents is 1. The summed E-state index contributed by atoms with van der Waals surface area (Å²) >= 11 is 1.09. The van der Waals surface area contributed by atoms with Crippen LogP contribution in [-0.2, 0) is 32.0 Å². The molecule has 0 aliphatic heterocycles. The van der Waals surface area contributed by atoms with E-state index in [-0.39, 0.29) is 34.9 Å². The molecule has 38 heavy (non-hydrogen) atoms. The molecule has 3 atom stereocenters. The average Bonchev–Trinajstić information content (AvgIpc) is 3.50. The number of nitrogens with one attached hydrogen (secondary N) is 2. The van der Waals surface area contributed by atoms with Crippen molar-refractivity contribution < 1.29 is 33.7 Å². The number of aromatic nitrogens is 1. The number of aryl methyl sites for hydroxylation is 1. The third-order valence-corrected chi connectivity index (χ3v) is 7.97. The molecular weight excluding hydrogens is 508 g/mol. The van der Waals surface area contributed by atoms with E-state index in [4.69, 9.17) is 14.2 Å². The summed E-state index contributed by atoms with van der Waals surface area (Å²) in [5.74, 6) is -0.0663. The van der Waals surface area contributed by atoms with Gasteiger partial charge >= 0.3 is 5.97 Å². The highest BCUT2D eigenvalue weighted by molar-refractivity contribution is 8.13. The molecular formula is C28H32N2O7S. The maximum atomic E-state index is 13.8. The van der Waals surface area contributed by atoms with Crippen molar-refractivity contribution >= 4 is 39.7 Å². The van der Waals surface area contributed by atoms with Gasteiger partial charge in [-0.1, -0.05) is 11.8 Å². The van der Waals surface area contributed by atoms with Crippen LogP contribution in [0.1, 0.15) is 36.0 Å². The molecule has 0 saturated heterocycles.